The smallest absolute Gasteiger partial charge is 0.0631 e. The molecule has 0 fully saturated rings. The van der Waals surface area contributed by atoms with Gasteiger partial charge in [-0.3, -0.25) is 0 Å². The van der Waals surface area contributed by atoms with Crippen LogP contribution in [0.2, 0.25) is 0 Å². The van der Waals surface area contributed by atoms with Gasteiger partial charge in [-0.25, -0.2) is 0 Å². The number of para-hydroxylation sites is 1. The van der Waals surface area contributed by atoms with Crippen molar-refractivity contribution in [2.45, 2.75) is 6.54 Å². The van der Waals surface area contributed by atoms with E-state index in [-0.39, 0.29) is 0 Å². The van der Waals surface area contributed by atoms with Crippen molar-refractivity contribution >= 4 is 69.4 Å². The molecule has 0 aliphatic rings. The molecule has 18 heavy (non-hydrogen) atoms. The van der Waals surface area contributed by atoms with Crippen LogP contribution in [-0.2, 0) is 6.54 Å². The SMILES string of the molecule is Brc1ccc(CNc2c(Br)cccc2Br)cc1Br. The van der Waals surface area contributed by atoms with Crippen molar-refractivity contribution < 1.29 is 0 Å². The monoisotopic (exact) mass is 495 g/mol. The van der Waals surface area contributed by atoms with E-state index in [0.717, 1.165) is 30.1 Å². The van der Waals surface area contributed by atoms with E-state index >= 15 is 0 Å². The number of halogens is 4. The number of anilines is 1. The molecule has 2 rings (SSSR count). The van der Waals surface area contributed by atoms with Crippen LogP contribution < -0.4 is 5.32 Å². The average molecular weight is 499 g/mol. The molecule has 0 bridgehead atoms. The second-order valence-electron chi connectivity index (χ2n) is 3.70. The van der Waals surface area contributed by atoms with Crippen LogP contribution in [0.3, 0.4) is 0 Å². The molecule has 1 N–H and O–H groups in total. The van der Waals surface area contributed by atoms with Crippen LogP contribution in [0, 0.1) is 0 Å². The molecule has 0 aliphatic heterocycles. The summed E-state index contributed by atoms with van der Waals surface area (Å²) in [7, 11) is 0. The van der Waals surface area contributed by atoms with Crippen LogP contribution in [0.4, 0.5) is 5.69 Å². The quantitative estimate of drug-likeness (QED) is 0.520. The number of benzene rings is 2. The van der Waals surface area contributed by atoms with Gasteiger partial charge in [0.05, 0.1) is 5.69 Å². The maximum Gasteiger partial charge on any atom is 0.0631 e. The number of hydrogen-bond acceptors (Lipinski definition) is 1. The van der Waals surface area contributed by atoms with Crippen LogP contribution in [0.25, 0.3) is 0 Å². The van der Waals surface area contributed by atoms with E-state index in [1.807, 2.05) is 24.3 Å². The fourth-order valence-electron chi connectivity index (χ4n) is 1.51. The third-order valence-corrected chi connectivity index (χ3v) is 5.62. The van der Waals surface area contributed by atoms with E-state index in [0.29, 0.717) is 0 Å². The van der Waals surface area contributed by atoms with Gasteiger partial charge >= 0.3 is 0 Å². The second-order valence-corrected chi connectivity index (χ2v) is 7.12. The van der Waals surface area contributed by atoms with Gasteiger partial charge in [-0.2, -0.15) is 0 Å². The Labute approximate surface area is 140 Å². The molecular weight excluding hydrogens is 490 g/mol. The van der Waals surface area contributed by atoms with Crippen LogP contribution >= 0.6 is 63.7 Å². The third-order valence-electron chi connectivity index (χ3n) is 2.42. The van der Waals surface area contributed by atoms with Gasteiger partial charge < -0.3 is 5.32 Å². The van der Waals surface area contributed by atoms with Gasteiger partial charge in [0.1, 0.15) is 0 Å². The molecule has 5 heteroatoms. The van der Waals surface area contributed by atoms with E-state index in [1.54, 1.807) is 0 Å². The van der Waals surface area contributed by atoms with Gasteiger partial charge in [0, 0.05) is 24.4 Å². The Morgan fingerprint density at radius 2 is 1.44 bits per heavy atom. The Balaban J connectivity index is 2.14. The fourth-order valence-corrected chi connectivity index (χ4v) is 3.46. The largest absolute Gasteiger partial charge is 0.379 e. The molecule has 0 aromatic heterocycles. The highest BCUT2D eigenvalue weighted by molar-refractivity contribution is 9.13. The Kier molecular flexibility index (Phi) is 5.30. The van der Waals surface area contributed by atoms with Crippen LogP contribution in [0.5, 0.6) is 0 Å². The average Bonchev–Trinajstić information content (AvgIpc) is 2.33. The van der Waals surface area contributed by atoms with Gasteiger partial charge in [0.2, 0.25) is 0 Å². The normalized spacial score (nSPS) is 10.4. The first-order valence-electron chi connectivity index (χ1n) is 5.20. The highest BCUT2D eigenvalue weighted by atomic mass is 79.9. The maximum absolute atomic E-state index is 3.54. The Hall–Kier alpha value is 0.160. The van der Waals surface area contributed by atoms with Crippen LogP contribution in [-0.4, -0.2) is 0 Å². The van der Waals surface area contributed by atoms with Crippen molar-refractivity contribution in [2.75, 3.05) is 5.32 Å². The summed E-state index contributed by atoms with van der Waals surface area (Å²) < 4.78 is 4.22. The zero-order valence-electron chi connectivity index (χ0n) is 9.18. The molecule has 0 heterocycles. The molecule has 0 saturated heterocycles. The molecular formula is C13H9Br4N. The minimum atomic E-state index is 0.771. The van der Waals surface area contributed by atoms with Crippen LogP contribution in [0.1, 0.15) is 5.56 Å². The summed E-state index contributed by atoms with van der Waals surface area (Å²) >= 11 is 14.0. The predicted molar refractivity (Wildman–Crippen MR) is 91.0 cm³/mol. The minimum Gasteiger partial charge on any atom is -0.379 e. The van der Waals surface area contributed by atoms with E-state index in [2.05, 4.69) is 81.2 Å². The topological polar surface area (TPSA) is 12.0 Å². The Bertz CT molecular complexity index is 549. The summed E-state index contributed by atoms with van der Waals surface area (Å²) in [5.74, 6) is 0. The fraction of sp³-hybridized carbons (Fsp3) is 0.0769. The van der Waals surface area contributed by atoms with Crippen molar-refractivity contribution in [2.24, 2.45) is 0 Å². The minimum absolute atomic E-state index is 0.771. The van der Waals surface area contributed by atoms with E-state index in [1.165, 1.54) is 5.56 Å². The number of hydrogen-bond donors (Lipinski definition) is 1. The molecule has 0 atom stereocenters. The third kappa shape index (κ3) is 3.59. The first kappa shape index (κ1) is 14.6. The molecule has 94 valence electrons. The van der Waals surface area contributed by atoms with E-state index in [4.69, 9.17) is 0 Å². The van der Waals surface area contributed by atoms with Crippen molar-refractivity contribution in [3.05, 3.63) is 59.9 Å². The highest BCUT2D eigenvalue weighted by Crippen LogP contribution is 2.31. The zero-order valence-corrected chi connectivity index (χ0v) is 15.5. The summed E-state index contributed by atoms with van der Waals surface area (Å²) in [6.45, 7) is 0.771. The molecule has 2 aromatic rings. The first-order valence-corrected chi connectivity index (χ1v) is 8.37. The van der Waals surface area contributed by atoms with Gasteiger partial charge in [-0.1, -0.05) is 12.1 Å². The lowest BCUT2D eigenvalue weighted by atomic mass is 10.2. The summed E-state index contributed by atoms with van der Waals surface area (Å²) in [6, 6.07) is 12.3. The van der Waals surface area contributed by atoms with Crippen LogP contribution in [0.15, 0.2) is 54.3 Å². The molecule has 0 amide bonds. The molecule has 2 aromatic carbocycles. The molecule has 0 unspecified atom stereocenters. The van der Waals surface area contributed by atoms with E-state index < -0.39 is 0 Å². The van der Waals surface area contributed by atoms with Crippen molar-refractivity contribution in [1.29, 1.82) is 0 Å². The maximum atomic E-state index is 3.54. The lowest BCUT2D eigenvalue weighted by Gasteiger charge is -2.11. The standard InChI is InChI=1S/C13H9Br4N/c14-9-5-4-8(6-12(9)17)7-18-13-10(15)2-1-3-11(13)16/h1-6,18H,7H2. The van der Waals surface area contributed by atoms with Crippen molar-refractivity contribution in [3.63, 3.8) is 0 Å². The predicted octanol–water partition coefficient (Wildman–Crippen LogP) is 6.35. The van der Waals surface area contributed by atoms with Gasteiger partial charge in [0.25, 0.3) is 0 Å². The van der Waals surface area contributed by atoms with Crippen molar-refractivity contribution in [3.8, 4) is 0 Å². The van der Waals surface area contributed by atoms with Gasteiger partial charge in [-0.05, 0) is 93.5 Å². The van der Waals surface area contributed by atoms with Crippen molar-refractivity contribution in [1.82, 2.24) is 0 Å². The molecule has 0 radical (unpaired) electrons. The number of nitrogens with one attached hydrogen (secondary N) is 1. The lowest BCUT2D eigenvalue weighted by molar-refractivity contribution is 1.14. The highest BCUT2D eigenvalue weighted by Gasteiger charge is 2.04. The molecule has 0 saturated carbocycles. The second kappa shape index (κ2) is 6.55. The first-order chi connectivity index (χ1) is 8.58. The molecule has 0 spiro atoms. The molecule has 1 nitrogen and oxygen atoms in total. The molecule has 0 aliphatic carbocycles. The summed E-state index contributed by atoms with van der Waals surface area (Å²) in [5.41, 5.74) is 2.28. The Morgan fingerprint density at radius 3 is 2.06 bits per heavy atom. The van der Waals surface area contributed by atoms with Gasteiger partial charge in [0.15, 0.2) is 0 Å². The number of rotatable bonds is 3. The zero-order chi connectivity index (χ0) is 13.1. The van der Waals surface area contributed by atoms with E-state index in [9.17, 15) is 0 Å². The van der Waals surface area contributed by atoms with Gasteiger partial charge in [-0.15, -0.1) is 0 Å². The lowest BCUT2D eigenvalue weighted by Crippen LogP contribution is -2.00. The summed E-state index contributed by atoms with van der Waals surface area (Å²) in [5, 5.41) is 3.41. The summed E-state index contributed by atoms with van der Waals surface area (Å²) in [4.78, 5) is 0. The Morgan fingerprint density at radius 1 is 0.778 bits per heavy atom. The summed E-state index contributed by atoms with van der Waals surface area (Å²) in [6.07, 6.45) is 0.